The average molecular weight is 517 g/mol. The molecule has 3 aromatic rings. The molecule has 1 aromatic heterocycles. The number of H-pyrrole nitrogens is 1. The number of halogens is 3. The van der Waals surface area contributed by atoms with Crippen LogP contribution >= 0.6 is 0 Å². The maximum absolute atomic E-state index is 14.1. The van der Waals surface area contributed by atoms with Gasteiger partial charge in [0.25, 0.3) is 11.5 Å². The van der Waals surface area contributed by atoms with Crippen LogP contribution in [0.25, 0.3) is 10.9 Å². The highest BCUT2D eigenvalue weighted by Gasteiger charge is 2.36. The number of amides is 1. The number of hydrogen-bond acceptors (Lipinski definition) is 5. The normalized spacial score (nSPS) is 19.2. The van der Waals surface area contributed by atoms with Gasteiger partial charge in [-0.3, -0.25) is 9.59 Å². The van der Waals surface area contributed by atoms with E-state index in [9.17, 15) is 22.8 Å². The molecule has 1 amide bonds. The van der Waals surface area contributed by atoms with Gasteiger partial charge >= 0.3 is 6.18 Å². The highest BCUT2D eigenvalue weighted by Crippen LogP contribution is 2.38. The van der Waals surface area contributed by atoms with Gasteiger partial charge in [-0.1, -0.05) is 13.8 Å². The van der Waals surface area contributed by atoms with E-state index in [1.807, 2.05) is 13.8 Å². The first kappa shape index (κ1) is 26.7. The van der Waals surface area contributed by atoms with Crippen LogP contribution in [0.2, 0.25) is 0 Å². The molecule has 10 heteroatoms. The fourth-order valence-corrected chi connectivity index (χ4v) is 4.79. The molecule has 0 saturated carbocycles. The summed E-state index contributed by atoms with van der Waals surface area (Å²) in [5, 5.41) is 3.25. The summed E-state index contributed by atoms with van der Waals surface area (Å²) < 4.78 is 47.9. The first-order valence-corrected chi connectivity index (χ1v) is 12.5. The smallest absolute Gasteiger partial charge is 0.378 e. The van der Waals surface area contributed by atoms with Gasteiger partial charge in [0.1, 0.15) is 5.82 Å². The van der Waals surface area contributed by atoms with Gasteiger partial charge in [-0.05, 0) is 62.2 Å². The molecule has 3 atom stereocenters. The summed E-state index contributed by atoms with van der Waals surface area (Å²) >= 11 is 0. The van der Waals surface area contributed by atoms with Gasteiger partial charge in [0.05, 0.1) is 34.7 Å². The maximum atomic E-state index is 14.1. The number of rotatable bonds is 6. The molecule has 1 fully saturated rings. The molecule has 2 N–H and O–H groups in total. The van der Waals surface area contributed by atoms with E-state index in [1.165, 1.54) is 6.07 Å². The Morgan fingerprint density at radius 2 is 1.81 bits per heavy atom. The number of carbonyl (C=O) groups excluding carboxylic acids is 1. The van der Waals surface area contributed by atoms with Crippen LogP contribution in [0, 0.1) is 0 Å². The van der Waals surface area contributed by atoms with E-state index >= 15 is 0 Å². The van der Waals surface area contributed by atoms with Gasteiger partial charge in [-0.15, -0.1) is 0 Å². The van der Waals surface area contributed by atoms with Crippen LogP contribution in [0.1, 0.15) is 67.5 Å². The molecule has 0 aliphatic carbocycles. The summed E-state index contributed by atoms with van der Waals surface area (Å²) in [6.07, 6.45) is -4.01. The number of fused-ring (bicyclic) bond motifs is 1. The summed E-state index contributed by atoms with van der Waals surface area (Å²) in [7, 11) is 0. The number of aromatic nitrogens is 2. The lowest BCUT2D eigenvalue weighted by atomic mass is 9.95. The largest absolute Gasteiger partial charge is 0.416 e. The molecule has 1 aliphatic heterocycles. The predicted molar refractivity (Wildman–Crippen MR) is 136 cm³/mol. The maximum Gasteiger partial charge on any atom is 0.416 e. The third-order valence-electron chi connectivity index (χ3n) is 6.53. The number of carbonyl (C=O) groups is 1. The molecule has 7 nitrogen and oxygen atoms in total. The Bertz CT molecular complexity index is 1330. The van der Waals surface area contributed by atoms with Crippen LogP contribution in [0.15, 0.2) is 41.2 Å². The highest BCUT2D eigenvalue weighted by molar-refractivity contribution is 5.94. The second kappa shape index (κ2) is 10.5. The zero-order chi connectivity index (χ0) is 26.9. The fourth-order valence-electron chi connectivity index (χ4n) is 4.79. The van der Waals surface area contributed by atoms with Crippen molar-refractivity contribution in [2.75, 3.05) is 18.4 Å². The summed E-state index contributed by atoms with van der Waals surface area (Å²) in [6, 6.07) is 8.19. The van der Waals surface area contributed by atoms with E-state index in [0.717, 1.165) is 6.07 Å². The lowest BCUT2D eigenvalue weighted by molar-refractivity contribution is -0.138. The van der Waals surface area contributed by atoms with Gasteiger partial charge in [0, 0.05) is 30.8 Å². The molecule has 0 spiro atoms. The van der Waals surface area contributed by atoms with E-state index in [2.05, 4.69) is 15.3 Å². The number of nitrogens with zero attached hydrogens (tertiary/aromatic N) is 2. The minimum atomic E-state index is -4.63. The molecule has 1 aliphatic rings. The number of anilines is 1. The van der Waals surface area contributed by atoms with E-state index in [1.54, 1.807) is 43.0 Å². The number of aryl methyl sites for hydroxylation is 1. The Morgan fingerprint density at radius 1 is 1.16 bits per heavy atom. The molecule has 4 rings (SSSR count). The molecular formula is C27H31F3N4O3. The molecule has 1 saturated heterocycles. The number of morpholine rings is 1. The number of ether oxygens (including phenoxy) is 1. The van der Waals surface area contributed by atoms with Gasteiger partial charge in [0.15, 0.2) is 0 Å². The van der Waals surface area contributed by atoms with Crippen molar-refractivity contribution in [1.29, 1.82) is 0 Å². The minimum absolute atomic E-state index is 0.0149. The number of nitrogens with one attached hydrogen (secondary N) is 2. The molecule has 0 bridgehead atoms. The van der Waals surface area contributed by atoms with Crippen LogP contribution in [0.3, 0.4) is 0 Å². The van der Waals surface area contributed by atoms with Crippen LogP contribution in [0.5, 0.6) is 0 Å². The van der Waals surface area contributed by atoms with Crippen LogP contribution in [-0.4, -0.2) is 46.1 Å². The van der Waals surface area contributed by atoms with Crippen molar-refractivity contribution in [2.45, 2.75) is 65.0 Å². The van der Waals surface area contributed by atoms with Crippen LogP contribution < -0.4 is 10.9 Å². The Hall–Kier alpha value is -3.40. The molecular weight excluding hydrogens is 485 g/mol. The summed E-state index contributed by atoms with van der Waals surface area (Å²) in [4.78, 5) is 34.1. The Morgan fingerprint density at radius 3 is 2.38 bits per heavy atom. The van der Waals surface area contributed by atoms with Crippen molar-refractivity contribution < 1.29 is 22.7 Å². The van der Waals surface area contributed by atoms with E-state index in [0.29, 0.717) is 43.0 Å². The topological polar surface area (TPSA) is 87.3 Å². The van der Waals surface area contributed by atoms with Crippen molar-refractivity contribution in [3.63, 3.8) is 0 Å². The monoisotopic (exact) mass is 516 g/mol. The van der Waals surface area contributed by atoms with Crippen LogP contribution in [-0.2, 0) is 17.3 Å². The fraction of sp³-hybridized carbons (Fsp3) is 0.444. The van der Waals surface area contributed by atoms with Crippen molar-refractivity contribution in [3.8, 4) is 0 Å². The summed E-state index contributed by atoms with van der Waals surface area (Å²) in [5.74, 6) is 0.215. The van der Waals surface area contributed by atoms with Crippen molar-refractivity contribution in [1.82, 2.24) is 14.9 Å². The van der Waals surface area contributed by atoms with Crippen molar-refractivity contribution in [2.24, 2.45) is 0 Å². The number of aromatic amines is 1. The molecule has 3 unspecified atom stereocenters. The molecule has 37 heavy (non-hydrogen) atoms. The zero-order valence-corrected chi connectivity index (χ0v) is 21.3. The minimum Gasteiger partial charge on any atom is -0.378 e. The standard InChI is InChI=1S/C27H31F3N4O3/c1-5-22(19-11-20-23(12-21(19)27(28,29)30)32-24(6-2)33-25(20)35)31-18-9-7-17(8-10-18)26(36)34-13-15(3)37-16(4)14-34/h7-12,15-16,22,31H,5-6,13-14H2,1-4H3,(H,32,33,35). The van der Waals surface area contributed by atoms with Crippen molar-refractivity contribution in [3.05, 3.63) is 69.3 Å². The molecule has 2 aromatic carbocycles. The van der Waals surface area contributed by atoms with Gasteiger partial charge < -0.3 is 19.9 Å². The Labute approximate surface area is 213 Å². The zero-order valence-electron chi connectivity index (χ0n) is 21.3. The summed E-state index contributed by atoms with van der Waals surface area (Å²) in [5.41, 5.74) is -0.264. The van der Waals surface area contributed by atoms with E-state index < -0.39 is 23.3 Å². The van der Waals surface area contributed by atoms with Gasteiger partial charge in [-0.25, -0.2) is 4.98 Å². The first-order chi connectivity index (χ1) is 17.5. The Kier molecular flexibility index (Phi) is 7.59. The molecule has 198 valence electrons. The summed E-state index contributed by atoms with van der Waals surface area (Å²) in [6.45, 7) is 8.36. The second-order valence-electron chi connectivity index (χ2n) is 9.47. The lowest BCUT2D eigenvalue weighted by Crippen LogP contribution is -2.48. The highest BCUT2D eigenvalue weighted by atomic mass is 19.4. The Balaban J connectivity index is 1.63. The third kappa shape index (κ3) is 5.79. The average Bonchev–Trinajstić information content (AvgIpc) is 2.85. The lowest BCUT2D eigenvalue weighted by Gasteiger charge is -2.35. The van der Waals surface area contributed by atoms with E-state index in [-0.39, 0.29) is 34.6 Å². The van der Waals surface area contributed by atoms with E-state index in [4.69, 9.17) is 4.74 Å². The van der Waals surface area contributed by atoms with Crippen molar-refractivity contribution >= 4 is 22.5 Å². The van der Waals surface area contributed by atoms with Crippen LogP contribution in [0.4, 0.5) is 18.9 Å². The SMILES string of the molecule is CCc1nc2cc(C(F)(F)F)c(C(CC)Nc3ccc(C(=O)N4CC(C)OC(C)C4)cc3)cc2c(=O)[nH]1. The first-order valence-electron chi connectivity index (χ1n) is 12.5. The quantitative estimate of drug-likeness (QED) is 0.463. The third-order valence-corrected chi connectivity index (χ3v) is 6.53. The molecule has 2 heterocycles. The van der Waals surface area contributed by atoms with Gasteiger partial charge in [0.2, 0.25) is 0 Å². The second-order valence-corrected chi connectivity index (χ2v) is 9.47. The molecule has 0 radical (unpaired) electrons. The number of hydrogen-bond donors (Lipinski definition) is 2. The number of benzene rings is 2. The predicted octanol–water partition coefficient (Wildman–Crippen LogP) is 5.32. The number of alkyl halides is 3. The van der Waals surface area contributed by atoms with Gasteiger partial charge in [-0.2, -0.15) is 13.2 Å².